The highest BCUT2D eigenvalue weighted by Gasteiger charge is 2.55. The molecule has 4 fully saturated rings. The predicted molar refractivity (Wildman–Crippen MR) is 120 cm³/mol. The number of piperidine rings is 2. The summed E-state index contributed by atoms with van der Waals surface area (Å²) in [7, 11) is 1.74. The normalized spacial score (nSPS) is 30.8. The van der Waals surface area contributed by atoms with Crippen LogP contribution in [0.3, 0.4) is 0 Å². The highest BCUT2D eigenvalue weighted by atomic mass is 16.1. The van der Waals surface area contributed by atoms with E-state index in [2.05, 4.69) is 60.9 Å². The van der Waals surface area contributed by atoms with E-state index < -0.39 is 0 Å². The number of nitrogens with one attached hydrogen (secondary N) is 1. The molecule has 4 aliphatic heterocycles. The van der Waals surface area contributed by atoms with E-state index in [1.807, 2.05) is 24.3 Å². The van der Waals surface area contributed by atoms with Gasteiger partial charge in [-0.3, -0.25) is 4.79 Å². The Morgan fingerprint density at radius 2 is 1.69 bits per heavy atom. The minimum absolute atomic E-state index is 0.0138. The molecule has 3 unspecified atom stereocenters. The van der Waals surface area contributed by atoms with E-state index in [0.717, 1.165) is 44.8 Å². The van der Waals surface area contributed by atoms with Crippen molar-refractivity contribution >= 4 is 5.91 Å². The zero-order valence-electron chi connectivity index (χ0n) is 18.2. The average Bonchev–Trinajstić information content (AvgIpc) is 3.10. The van der Waals surface area contributed by atoms with Crippen molar-refractivity contribution in [2.45, 2.75) is 11.5 Å². The van der Waals surface area contributed by atoms with Crippen molar-refractivity contribution in [3.63, 3.8) is 0 Å². The molecule has 4 aliphatic rings. The third-order valence-electron chi connectivity index (χ3n) is 7.35. The van der Waals surface area contributed by atoms with Gasteiger partial charge in [0.15, 0.2) is 0 Å². The second-order valence-electron chi connectivity index (χ2n) is 9.38. The molecule has 1 N–H and O–H groups in total. The fourth-order valence-corrected chi connectivity index (χ4v) is 5.96. The number of tetrazole rings is 1. The maximum absolute atomic E-state index is 13.4. The Morgan fingerprint density at radius 3 is 2.31 bits per heavy atom. The lowest BCUT2D eigenvalue weighted by molar-refractivity contribution is 0.0180. The van der Waals surface area contributed by atoms with Gasteiger partial charge in [0.2, 0.25) is 5.82 Å². The van der Waals surface area contributed by atoms with Gasteiger partial charge in [0, 0.05) is 67.8 Å². The van der Waals surface area contributed by atoms with Crippen LogP contribution in [0, 0.1) is 5.92 Å². The first-order chi connectivity index (χ1) is 15.6. The smallest absolute Gasteiger partial charge is 0.251 e. The van der Waals surface area contributed by atoms with E-state index in [-0.39, 0.29) is 17.4 Å². The molecule has 4 bridgehead atoms. The van der Waals surface area contributed by atoms with Crippen LogP contribution in [0.15, 0.2) is 54.6 Å². The van der Waals surface area contributed by atoms with Crippen molar-refractivity contribution in [2.75, 3.05) is 39.3 Å². The molecule has 8 heteroatoms. The molecule has 4 saturated heterocycles. The Balaban J connectivity index is 1.29. The standard InChI is InChI=1S/C24H27N7O/c1-29-27-22(26-28-29)17-7-9-18(10-8-17)23(32)25-21-19-13-30-11-12-31(14-19)16-24(21,15-30)20-5-3-2-4-6-20/h2-10,19,21H,11-16H2,1H3,(H,25,32). The van der Waals surface area contributed by atoms with Gasteiger partial charge in [0.25, 0.3) is 5.91 Å². The lowest BCUT2D eigenvalue weighted by Gasteiger charge is -2.55. The number of carbonyl (C=O) groups excluding carboxylic acids is 1. The molecule has 1 amide bonds. The Labute approximate surface area is 187 Å². The second kappa shape index (κ2) is 7.50. The summed E-state index contributed by atoms with van der Waals surface area (Å²) in [4.78, 5) is 20.0. The molecular weight excluding hydrogens is 402 g/mol. The first-order valence-electron chi connectivity index (χ1n) is 11.3. The molecule has 8 nitrogen and oxygen atoms in total. The summed E-state index contributed by atoms with van der Waals surface area (Å²) in [5.41, 5.74) is 2.75. The third kappa shape index (κ3) is 3.22. The molecule has 3 atom stereocenters. The molecular formula is C24H27N7O. The molecule has 164 valence electrons. The van der Waals surface area contributed by atoms with E-state index in [4.69, 9.17) is 0 Å². The Bertz CT molecular complexity index is 1110. The van der Waals surface area contributed by atoms with Crippen molar-refractivity contribution in [1.82, 2.24) is 35.3 Å². The average molecular weight is 430 g/mol. The summed E-state index contributed by atoms with van der Waals surface area (Å²) in [6, 6.07) is 18.4. The summed E-state index contributed by atoms with van der Waals surface area (Å²) in [6.45, 7) is 6.31. The lowest BCUT2D eigenvalue weighted by Crippen LogP contribution is -2.70. The number of aromatic nitrogens is 4. The van der Waals surface area contributed by atoms with Gasteiger partial charge in [-0.05, 0) is 22.9 Å². The van der Waals surface area contributed by atoms with Crippen LogP contribution in [-0.2, 0) is 12.5 Å². The number of carbonyl (C=O) groups is 1. The van der Waals surface area contributed by atoms with Crippen LogP contribution >= 0.6 is 0 Å². The van der Waals surface area contributed by atoms with Crippen LogP contribution in [0.5, 0.6) is 0 Å². The van der Waals surface area contributed by atoms with Crippen molar-refractivity contribution < 1.29 is 4.79 Å². The van der Waals surface area contributed by atoms with E-state index >= 15 is 0 Å². The predicted octanol–water partition coefficient (Wildman–Crippen LogP) is 1.17. The van der Waals surface area contributed by atoms with E-state index in [9.17, 15) is 4.79 Å². The van der Waals surface area contributed by atoms with Crippen molar-refractivity contribution in [3.05, 3.63) is 65.7 Å². The minimum Gasteiger partial charge on any atom is -0.348 e. The van der Waals surface area contributed by atoms with E-state index in [1.54, 1.807) is 7.05 Å². The van der Waals surface area contributed by atoms with Gasteiger partial charge >= 0.3 is 0 Å². The largest absolute Gasteiger partial charge is 0.348 e. The maximum Gasteiger partial charge on any atom is 0.251 e. The highest BCUT2D eigenvalue weighted by molar-refractivity contribution is 5.95. The summed E-state index contributed by atoms with van der Waals surface area (Å²) in [5.74, 6) is 0.968. The van der Waals surface area contributed by atoms with Gasteiger partial charge < -0.3 is 15.1 Å². The third-order valence-corrected chi connectivity index (χ3v) is 7.35. The van der Waals surface area contributed by atoms with Gasteiger partial charge in [-0.25, -0.2) is 0 Å². The Morgan fingerprint density at radius 1 is 1.00 bits per heavy atom. The Kier molecular flexibility index (Phi) is 4.58. The monoisotopic (exact) mass is 429 g/mol. The van der Waals surface area contributed by atoms with Crippen LogP contribution in [0.2, 0.25) is 0 Å². The zero-order valence-corrected chi connectivity index (χ0v) is 18.2. The van der Waals surface area contributed by atoms with Gasteiger partial charge in [-0.2, -0.15) is 4.80 Å². The molecule has 1 aromatic heterocycles. The van der Waals surface area contributed by atoms with Gasteiger partial charge in [-0.15, -0.1) is 10.2 Å². The van der Waals surface area contributed by atoms with Crippen LogP contribution in [0.25, 0.3) is 11.4 Å². The van der Waals surface area contributed by atoms with Crippen molar-refractivity contribution in [3.8, 4) is 11.4 Å². The zero-order chi connectivity index (χ0) is 21.7. The number of nitrogens with zero attached hydrogens (tertiary/aromatic N) is 6. The quantitative estimate of drug-likeness (QED) is 0.671. The summed E-state index contributed by atoms with van der Waals surface area (Å²) in [5, 5.41) is 15.6. The molecule has 0 radical (unpaired) electrons. The molecule has 2 aromatic carbocycles. The molecule has 0 saturated carbocycles. The second-order valence-corrected chi connectivity index (χ2v) is 9.38. The minimum atomic E-state index is -0.0852. The molecule has 7 rings (SSSR count). The summed E-state index contributed by atoms with van der Waals surface area (Å²) in [6.07, 6.45) is 0. The van der Waals surface area contributed by atoms with Crippen molar-refractivity contribution in [2.24, 2.45) is 13.0 Å². The first-order valence-corrected chi connectivity index (χ1v) is 11.3. The molecule has 0 aliphatic carbocycles. The fraction of sp³-hybridized carbons (Fsp3) is 0.417. The number of fused-ring (bicyclic) bond motifs is 1. The maximum atomic E-state index is 13.4. The lowest BCUT2D eigenvalue weighted by atomic mass is 9.64. The van der Waals surface area contributed by atoms with Crippen LogP contribution in [0.1, 0.15) is 15.9 Å². The SMILES string of the molecule is Cn1nnc(-c2ccc(C(=O)NC3C4CN5CCN(C4)CC3(c3ccccc3)C5)cc2)n1. The molecule has 32 heavy (non-hydrogen) atoms. The van der Waals surface area contributed by atoms with E-state index in [0.29, 0.717) is 17.3 Å². The number of rotatable bonds is 4. The molecule has 5 heterocycles. The van der Waals surface area contributed by atoms with Gasteiger partial charge in [-0.1, -0.05) is 42.5 Å². The number of hydrogen-bond acceptors (Lipinski definition) is 6. The van der Waals surface area contributed by atoms with Gasteiger partial charge in [0.1, 0.15) is 0 Å². The highest BCUT2D eigenvalue weighted by Crippen LogP contribution is 2.43. The number of aryl methyl sites for hydroxylation is 1. The van der Waals surface area contributed by atoms with Gasteiger partial charge in [0.05, 0.1) is 7.05 Å². The Hall–Kier alpha value is -3.10. The fourth-order valence-electron chi connectivity index (χ4n) is 5.96. The molecule has 0 spiro atoms. The first kappa shape index (κ1) is 19.6. The van der Waals surface area contributed by atoms with Crippen LogP contribution in [0.4, 0.5) is 0 Å². The summed E-state index contributed by atoms with van der Waals surface area (Å²) < 4.78 is 0. The van der Waals surface area contributed by atoms with Crippen molar-refractivity contribution in [1.29, 1.82) is 0 Å². The number of hydrogen-bond donors (Lipinski definition) is 1. The number of amides is 1. The summed E-state index contributed by atoms with van der Waals surface area (Å²) >= 11 is 0. The topological polar surface area (TPSA) is 79.2 Å². The molecule has 3 aromatic rings. The van der Waals surface area contributed by atoms with E-state index in [1.165, 1.54) is 10.4 Å². The number of benzene rings is 2. The van der Waals surface area contributed by atoms with Crippen LogP contribution < -0.4 is 5.32 Å². The van der Waals surface area contributed by atoms with Crippen LogP contribution in [-0.4, -0.2) is 81.2 Å².